The first-order valence-electron chi connectivity index (χ1n) is 21.9. The van der Waals surface area contributed by atoms with Crippen molar-refractivity contribution in [1.29, 1.82) is 0 Å². The number of fused-ring (bicyclic) bond motifs is 9. The highest BCUT2D eigenvalue weighted by Crippen LogP contribution is 2.47. The summed E-state index contributed by atoms with van der Waals surface area (Å²) in [6.07, 6.45) is -0.440. The minimum atomic E-state index is -0.440. The van der Waals surface area contributed by atoms with Gasteiger partial charge in [0.25, 0.3) is 0 Å². The normalized spacial score (nSPS) is 13.7. The van der Waals surface area contributed by atoms with Gasteiger partial charge in [-0.2, -0.15) is 0 Å². The summed E-state index contributed by atoms with van der Waals surface area (Å²) in [5, 5.41) is 12.7. The van der Waals surface area contributed by atoms with Crippen LogP contribution in [0.2, 0.25) is 0 Å². The van der Waals surface area contributed by atoms with Crippen LogP contribution < -0.4 is 0 Å². The van der Waals surface area contributed by atoms with Crippen molar-refractivity contribution in [3.8, 4) is 33.6 Å². The molecule has 4 heteroatoms. The van der Waals surface area contributed by atoms with Crippen LogP contribution in [0.1, 0.15) is 22.9 Å². The predicted molar refractivity (Wildman–Crippen MR) is 268 cm³/mol. The molecule has 10 aromatic carbocycles. The van der Waals surface area contributed by atoms with E-state index in [0.29, 0.717) is 0 Å². The van der Waals surface area contributed by atoms with Gasteiger partial charge >= 0.3 is 0 Å². The summed E-state index contributed by atoms with van der Waals surface area (Å²) in [4.78, 5) is 5.49. The Hall–Kier alpha value is -8.47. The third kappa shape index (κ3) is 5.66. The number of aromatic nitrogens is 2. The fourth-order valence-electron chi connectivity index (χ4n) is 10.2. The van der Waals surface area contributed by atoms with E-state index in [0.717, 1.165) is 55.9 Å². The molecule has 0 bridgehead atoms. The summed E-state index contributed by atoms with van der Waals surface area (Å²) in [5.41, 5.74) is 16.8. The van der Waals surface area contributed by atoms with Crippen LogP contribution in [-0.4, -0.2) is 14.8 Å². The molecule has 0 amide bonds. The van der Waals surface area contributed by atoms with E-state index in [1.165, 1.54) is 60.2 Å². The van der Waals surface area contributed by atoms with E-state index in [1.54, 1.807) is 0 Å². The molecule has 0 fully saturated rings. The average molecular weight is 816 g/mol. The lowest BCUT2D eigenvalue weighted by Crippen LogP contribution is -2.12. The molecular formula is C60H39N4-. The number of para-hydroxylation sites is 3. The van der Waals surface area contributed by atoms with Crippen LogP contribution in [0.4, 0.5) is 5.69 Å². The Kier molecular flexibility index (Phi) is 8.25. The maximum absolute atomic E-state index is 5.49. The van der Waals surface area contributed by atoms with Gasteiger partial charge < -0.3 is 14.5 Å². The molecule has 0 N–H and O–H groups in total. The fourth-order valence-corrected chi connectivity index (χ4v) is 10.2. The SMILES string of the molecule is c1ccc(-c2ccc(C3=NC(c4cccc(-n5c6ccccc6c6c(-c7cccc8c7c7ccccc7n8-c7ccccc7)cccc65)c4)[N-]c4c3ccc3ccccc43)cc2)cc1. The van der Waals surface area contributed by atoms with Gasteiger partial charge in [0, 0.05) is 44.6 Å². The monoisotopic (exact) mass is 815 g/mol. The number of benzene rings is 10. The molecule has 12 aromatic rings. The zero-order valence-corrected chi connectivity index (χ0v) is 34.8. The smallest absolute Gasteiger partial charge is 0.0695 e. The summed E-state index contributed by atoms with van der Waals surface area (Å²) >= 11 is 0. The minimum absolute atomic E-state index is 0.440. The van der Waals surface area contributed by atoms with E-state index in [-0.39, 0.29) is 0 Å². The highest BCUT2D eigenvalue weighted by molar-refractivity contribution is 6.23. The van der Waals surface area contributed by atoms with E-state index in [1.807, 2.05) is 0 Å². The largest absolute Gasteiger partial charge is 0.659 e. The van der Waals surface area contributed by atoms with Crippen molar-refractivity contribution in [3.05, 3.63) is 253 Å². The van der Waals surface area contributed by atoms with E-state index in [2.05, 4.69) is 240 Å². The second kappa shape index (κ2) is 14.6. The first-order valence-corrected chi connectivity index (χ1v) is 21.9. The topological polar surface area (TPSA) is 36.3 Å². The highest BCUT2D eigenvalue weighted by atomic mass is 15.1. The molecule has 0 saturated carbocycles. The minimum Gasteiger partial charge on any atom is -0.659 e. The van der Waals surface area contributed by atoms with Gasteiger partial charge in [-0.25, -0.2) is 0 Å². The van der Waals surface area contributed by atoms with Crippen molar-refractivity contribution in [3.63, 3.8) is 0 Å². The Morgan fingerprint density at radius 2 is 0.875 bits per heavy atom. The van der Waals surface area contributed by atoms with E-state index in [4.69, 9.17) is 10.3 Å². The van der Waals surface area contributed by atoms with Gasteiger partial charge in [-0.1, -0.05) is 182 Å². The molecule has 3 heterocycles. The van der Waals surface area contributed by atoms with Crippen LogP contribution in [0.15, 0.2) is 236 Å². The van der Waals surface area contributed by atoms with E-state index < -0.39 is 6.17 Å². The number of hydrogen-bond donors (Lipinski definition) is 0. The third-order valence-electron chi connectivity index (χ3n) is 13.1. The van der Waals surface area contributed by atoms with Crippen LogP contribution in [0.3, 0.4) is 0 Å². The van der Waals surface area contributed by atoms with Crippen molar-refractivity contribution < 1.29 is 0 Å². The predicted octanol–water partition coefficient (Wildman–Crippen LogP) is 15.9. The fraction of sp³-hybridized carbons (Fsp3) is 0.0167. The summed E-state index contributed by atoms with van der Waals surface area (Å²) in [6, 6.07) is 83.0. The van der Waals surface area contributed by atoms with Crippen LogP contribution in [0.25, 0.3) is 93.3 Å². The first-order chi connectivity index (χ1) is 31.8. The molecule has 0 aliphatic carbocycles. The molecular weight excluding hydrogens is 777 g/mol. The second-order valence-corrected chi connectivity index (χ2v) is 16.6. The zero-order valence-electron chi connectivity index (χ0n) is 34.8. The van der Waals surface area contributed by atoms with Gasteiger partial charge in [0.15, 0.2) is 0 Å². The number of rotatable bonds is 6. The van der Waals surface area contributed by atoms with Crippen molar-refractivity contribution in [2.75, 3.05) is 0 Å². The summed E-state index contributed by atoms with van der Waals surface area (Å²) in [5.74, 6) is 0. The van der Waals surface area contributed by atoms with Gasteiger partial charge in [0.05, 0.1) is 27.8 Å². The maximum atomic E-state index is 5.49. The number of hydrogen-bond acceptors (Lipinski definition) is 1. The van der Waals surface area contributed by atoms with Gasteiger partial charge in [-0.05, 0) is 92.7 Å². The third-order valence-corrected chi connectivity index (χ3v) is 13.1. The van der Waals surface area contributed by atoms with Gasteiger partial charge in [-0.3, -0.25) is 4.99 Å². The highest BCUT2D eigenvalue weighted by Gasteiger charge is 2.22. The van der Waals surface area contributed by atoms with Crippen LogP contribution in [0.5, 0.6) is 0 Å². The summed E-state index contributed by atoms with van der Waals surface area (Å²) in [6.45, 7) is 0. The molecule has 1 unspecified atom stereocenters. The van der Waals surface area contributed by atoms with Crippen LogP contribution >= 0.6 is 0 Å². The molecule has 1 aliphatic rings. The van der Waals surface area contributed by atoms with Crippen LogP contribution in [-0.2, 0) is 0 Å². The van der Waals surface area contributed by atoms with Gasteiger partial charge in [0.1, 0.15) is 0 Å². The van der Waals surface area contributed by atoms with Crippen molar-refractivity contribution in [2.45, 2.75) is 6.17 Å². The van der Waals surface area contributed by atoms with Crippen molar-refractivity contribution in [2.24, 2.45) is 4.99 Å². The standard InChI is InChI=1S/C60H39N4/c1-3-16-39(17-4-1)40-32-34-42(35-33-40)58-51-37-36-41-18-7-8-23-46(41)59(51)62-60(61-58)43-19-13-22-45(38-43)64-53-29-12-10-25-50(53)57-48(27-15-31-55(57)64)47-26-14-30-54-56(47)49-24-9-11-28-52(49)63(54)44-20-5-2-6-21-44/h1-38,60H/q-1. The molecule has 0 spiro atoms. The molecule has 0 radical (unpaired) electrons. The quantitative estimate of drug-likeness (QED) is 0.160. The molecule has 13 rings (SSSR count). The van der Waals surface area contributed by atoms with Crippen molar-refractivity contribution in [1.82, 2.24) is 9.13 Å². The Bertz CT molecular complexity index is 3800. The first kappa shape index (κ1) is 36.2. The lowest BCUT2D eigenvalue weighted by Gasteiger charge is -2.39. The molecule has 300 valence electrons. The zero-order chi connectivity index (χ0) is 42.1. The molecule has 1 aliphatic heterocycles. The Labute approximate surface area is 370 Å². The molecule has 2 aromatic heterocycles. The Morgan fingerprint density at radius 1 is 0.359 bits per heavy atom. The van der Waals surface area contributed by atoms with Gasteiger partial charge in [-0.15, -0.1) is 5.69 Å². The van der Waals surface area contributed by atoms with Gasteiger partial charge in [0.2, 0.25) is 0 Å². The molecule has 0 saturated heterocycles. The Morgan fingerprint density at radius 3 is 1.56 bits per heavy atom. The molecule has 4 nitrogen and oxygen atoms in total. The van der Waals surface area contributed by atoms with Crippen LogP contribution in [0, 0.1) is 0 Å². The Balaban J connectivity index is 0.977. The summed E-state index contributed by atoms with van der Waals surface area (Å²) in [7, 11) is 0. The average Bonchev–Trinajstić information content (AvgIpc) is 3.90. The molecule has 64 heavy (non-hydrogen) atoms. The van der Waals surface area contributed by atoms with Crippen molar-refractivity contribution >= 4 is 65.8 Å². The van der Waals surface area contributed by atoms with E-state index >= 15 is 0 Å². The second-order valence-electron chi connectivity index (χ2n) is 16.6. The summed E-state index contributed by atoms with van der Waals surface area (Å²) < 4.78 is 4.82. The lowest BCUT2D eigenvalue weighted by atomic mass is 9.93. The number of nitrogens with zero attached hydrogens (tertiary/aromatic N) is 4. The van der Waals surface area contributed by atoms with E-state index in [9.17, 15) is 0 Å². The maximum Gasteiger partial charge on any atom is 0.0695 e. The lowest BCUT2D eigenvalue weighted by molar-refractivity contribution is 0.872. The number of aliphatic imine (C=N–C) groups is 1. The molecule has 1 atom stereocenters.